The van der Waals surface area contributed by atoms with Gasteiger partial charge >= 0.3 is 0 Å². The molecule has 2 aliphatic rings. The van der Waals surface area contributed by atoms with Crippen LogP contribution >= 0.6 is 22.6 Å². The average Bonchev–Trinajstić information content (AvgIpc) is 3.19. The monoisotopic (exact) mass is 628 g/mol. The van der Waals surface area contributed by atoms with Crippen molar-refractivity contribution in [2.24, 2.45) is 0 Å². The van der Waals surface area contributed by atoms with Crippen LogP contribution in [0.3, 0.4) is 0 Å². The van der Waals surface area contributed by atoms with E-state index in [4.69, 9.17) is 9.47 Å². The highest BCUT2D eigenvalue weighted by atomic mass is 127. The molecule has 0 saturated heterocycles. The molecular weight excluding hydrogens is 591 g/mol. The van der Waals surface area contributed by atoms with Gasteiger partial charge in [-0.3, -0.25) is 14.4 Å². The first-order valence-electron chi connectivity index (χ1n) is 12.9. The summed E-state index contributed by atoms with van der Waals surface area (Å²) < 4.78 is 12.3. The van der Waals surface area contributed by atoms with Crippen LogP contribution in [0.4, 0.5) is 0 Å². The lowest BCUT2D eigenvalue weighted by Gasteiger charge is -2.44. The van der Waals surface area contributed by atoms with Crippen LogP contribution in [0, 0.1) is 3.57 Å². The Hall–Kier alpha value is -2.18. The van der Waals surface area contributed by atoms with Crippen molar-refractivity contribution in [2.45, 2.75) is 82.6 Å². The van der Waals surface area contributed by atoms with Crippen LogP contribution in [-0.2, 0) is 9.59 Å². The number of aldehydes is 1. The number of ether oxygens (including phenoxy) is 2. The second-order valence-electron chi connectivity index (χ2n) is 9.47. The van der Waals surface area contributed by atoms with Crippen molar-refractivity contribution in [3.63, 3.8) is 0 Å². The molecule has 0 radical (unpaired) electrons. The number of nitrogens with zero attached hydrogens (tertiary/aromatic N) is 1. The van der Waals surface area contributed by atoms with Gasteiger partial charge in [0.05, 0.1) is 23.3 Å². The summed E-state index contributed by atoms with van der Waals surface area (Å²) in [4.78, 5) is 39.4. The fourth-order valence-electron chi connectivity index (χ4n) is 5.18. The first kappa shape index (κ1) is 29.4. The molecule has 0 bridgehead atoms. The fourth-order valence-corrected chi connectivity index (χ4v) is 5.94. The normalized spacial score (nSPS) is 22.4. The van der Waals surface area contributed by atoms with Gasteiger partial charge in [0.1, 0.15) is 18.5 Å². The third-order valence-electron chi connectivity index (χ3n) is 7.02. The zero-order valence-corrected chi connectivity index (χ0v) is 23.6. The third kappa shape index (κ3) is 7.23. The van der Waals surface area contributed by atoms with Crippen molar-refractivity contribution in [1.82, 2.24) is 10.2 Å². The van der Waals surface area contributed by atoms with Gasteiger partial charge in [0.25, 0.3) is 0 Å². The lowest BCUT2D eigenvalue weighted by atomic mass is 9.86. The Morgan fingerprint density at radius 1 is 1.22 bits per heavy atom. The minimum atomic E-state index is -1.10. The molecule has 0 heterocycles. The molecule has 3 unspecified atom stereocenters. The van der Waals surface area contributed by atoms with E-state index in [0.717, 1.165) is 38.5 Å². The molecule has 9 nitrogen and oxygen atoms in total. The summed E-state index contributed by atoms with van der Waals surface area (Å²) in [5.41, 5.74) is 0.804. The average molecular weight is 629 g/mol. The van der Waals surface area contributed by atoms with E-state index in [2.05, 4.69) is 5.32 Å². The number of rotatable bonds is 10. The molecule has 2 aliphatic carbocycles. The van der Waals surface area contributed by atoms with Crippen LogP contribution in [0.15, 0.2) is 23.8 Å². The fraction of sp³-hybridized carbons (Fsp3) is 0.593. The smallest absolute Gasteiger partial charge is 0.247 e. The number of carbonyl (C=O) groups is 3. The van der Waals surface area contributed by atoms with Crippen LogP contribution in [-0.4, -0.2) is 77.8 Å². The molecule has 2 amide bonds. The molecule has 0 aliphatic heterocycles. The van der Waals surface area contributed by atoms with E-state index in [1.165, 1.54) is 7.11 Å². The molecule has 0 aromatic heterocycles. The third-order valence-corrected chi connectivity index (χ3v) is 7.82. The number of methoxy groups -OCH3 is 1. The van der Waals surface area contributed by atoms with Gasteiger partial charge in [0.2, 0.25) is 11.8 Å². The van der Waals surface area contributed by atoms with Crippen LogP contribution in [0.2, 0.25) is 0 Å². The number of hydrogen-bond acceptors (Lipinski definition) is 7. The first-order chi connectivity index (χ1) is 17.8. The summed E-state index contributed by atoms with van der Waals surface area (Å²) >= 11 is 2.04. The van der Waals surface area contributed by atoms with Gasteiger partial charge in [-0.15, -0.1) is 0 Å². The Labute approximate surface area is 231 Å². The SMILES string of the molecule is CCC(=O)N(C1CCCCCC1)C1CC(C(=O)NCCO)=CC(Oc2c(I)cc(C=O)cc2OC)C1O. The molecule has 0 spiro atoms. The molecule has 37 heavy (non-hydrogen) atoms. The highest BCUT2D eigenvalue weighted by Crippen LogP contribution is 2.38. The van der Waals surface area contributed by atoms with E-state index in [1.54, 1.807) is 23.1 Å². The lowest BCUT2D eigenvalue weighted by Crippen LogP contribution is -2.58. The van der Waals surface area contributed by atoms with E-state index in [-0.39, 0.29) is 37.4 Å². The number of aliphatic hydroxyl groups is 2. The van der Waals surface area contributed by atoms with Gasteiger partial charge in [0, 0.05) is 36.6 Å². The summed E-state index contributed by atoms with van der Waals surface area (Å²) in [7, 11) is 1.46. The molecule has 3 rings (SSSR count). The Kier molecular flexibility index (Phi) is 11.2. The maximum atomic E-state index is 13.3. The number of amides is 2. The predicted molar refractivity (Wildman–Crippen MR) is 147 cm³/mol. The molecule has 1 saturated carbocycles. The van der Waals surface area contributed by atoms with E-state index < -0.39 is 18.2 Å². The highest BCUT2D eigenvalue weighted by molar-refractivity contribution is 14.1. The number of carbonyl (C=O) groups excluding carboxylic acids is 3. The van der Waals surface area contributed by atoms with Crippen molar-refractivity contribution in [3.05, 3.63) is 32.9 Å². The van der Waals surface area contributed by atoms with E-state index in [9.17, 15) is 24.6 Å². The van der Waals surface area contributed by atoms with Crippen molar-refractivity contribution >= 4 is 40.7 Å². The van der Waals surface area contributed by atoms with Crippen molar-refractivity contribution in [3.8, 4) is 11.5 Å². The van der Waals surface area contributed by atoms with Crippen LogP contribution in [0.1, 0.15) is 68.6 Å². The summed E-state index contributed by atoms with van der Waals surface area (Å²) in [6, 6.07) is 2.53. The zero-order chi connectivity index (χ0) is 26.9. The molecule has 3 N–H and O–H groups in total. The van der Waals surface area contributed by atoms with Crippen LogP contribution < -0.4 is 14.8 Å². The highest BCUT2D eigenvalue weighted by Gasteiger charge is 2.42. The second kappa shape index (κ2) is 14.1. The Balaban J connectivity index is 2.02. The second-order valence-corrected chi connectivity index (χ2v) is 10.6. The molecular formula is C27H37IN2O7. The Morgan fingerprint density at radius 2 is 1.92 bits per heavy atom. The maximum Gasteiger partial charge on any atom is 0.247 e. The zero-order valence-electron chi connectivity index (χ0n) is 21.5. The molecule has 3 atom stereocenters. The van der Waals surface area contributed by atoms with Gasteiger partial charge < -0.3 is 29.9 Å². The van der Waals surface area contributed by atoms with Crippen molar-refractivity contribution in [1.29, 1.82) is 0 Å². The number of hydrogen-bond donors (Lipinski definition) is 3. The maximum absolute atomic E-state index is 13.3. The minimum Gasteiger partial charge on any atom is -0.493 e. The number of benzene rings is 1. The van der Waals surface area contributed by atoms with Gasteiger partial charge in [-0.1, -0.05) is 32.6 Å². The molecule has 204 valence electrons. The number of nitrogens with one attached hydrogen (secondary N) is 1. The summed E-state index contributed by atoms with van der Waals surface area (Å²) in [5.74, 6) is 0.234. The van der Waals surface area contributed by atoms with Gasteiger partial charge in [-0.05, 0) is 53.6 Å². The molecule has 10 heteroatoms. The van der Waals surface area contributed by atoms with Crippen LogP contribution in [0.5, 0.6) is 11.5 Å². The standard InChI is InChI=1S/C27H37IN2O7/c1-3-24(33)30(19-8-6-4-5-7-9-19)21-14-18(27(35)29-10-11-31)15-22(25(21)34)37-26-20(28)12-17(16-32)13-23(26)36-2/h12-13,15-16,19,21-22,25,31,34H,3-11,14H2,1-2H3,(H,29,35). The summed E-state index contributed by atoms with van der Waals surface area (Å²) in [5, 5.41) is 23.5. The van der Waals surface area contributed by atoms with Gasteiger partial charge in [-0.25, -0.2) is 0 Å². The predicted octanol–water partition coefficient (Wildman–Crippen LogP) is 2.99. The van der Waals surface area contributed by atoms with Crippen molar-refractivity contribution < 1.29 is 34.1 Å². The Bertz CT molecular complexity index is 991. The van der Waals surface area contributed by atoms with E-state index >= 15 is 0 Å². The molecule has 1 fully saturated rings. The van der Waals surface area contributed by atoms with Crippen LogP contribution in [0.25, 0.3) is 0 Å². The number of halogens is 1. The lowest BCUT2D eigenvalue weighted by molar-refractivity contribution is -0.142. The molecule has 1 aromatic carbocycles. The number of aliphatic hydroxyl groups excluding tert-OH is 2. The minimum absolute atomic E-state index is 0.0170. The Morgan fingerprint density at radius 3 is 2.51 bits per heavy atom. The largest absolute Gasteiger partial charge is 0.493 e. The topological polar surface area (TPSA) is 125 Å². The van der Waals surface area contributed by atoms with Crippen molar-refractivity contribution in [2.75, 3.05) is 20.3 Å². The van der Waals surface area contributed by atoms with E-state index in [0.29, 0.717) is 38.9 Å². The first-order valence-corrected chi connectivity index (χ1v) is 14.0. The quantitative estimate of drug-likeness (QED) is 0.207. The van der Waals surface area contributed by atoms with Gasteiger partial charge in [-0.2, -0.15) is 0 Å². The van der Waals surface area contributed by atoms with Gasteiger partial charge in [0.15, 0.2) is 11.5 Å². The summed E-state index contributed by atoms with van der Waals surface area (Å²) in [6.07, 6.45) is 6.70. The summed E-state index contributed by atoms with van der Waals surface area (Å²) in [6.45, 7) is 1.70. The van der Waals surface area contributed by atoms with E-state index in [1.807, 2.05) is 29.5 Å². The molecule has 1 aromatic rings.